The van der Waals surface area contributed by atoms with Gasteiger partial charge in [-0.05, 0) is 22.6 Å². The number of benzene rings is 1. The first-order valence-electron chi connectivity index (χ1n) is 6.61. The Balaban J connectivity index is 1.56. The summed E-state index contributed by atoms with van der Waals surface area (Å²) < 4.78 is 1.47. The van der Waals surface area contributed by atoms with Crippen molar-refractivity contribution in [3.05, 3.63) is 35.4 Å². The molecule has 2 heterocycles. The molecule has 1 aromatic carbocycles. The van der Waals surface area contributed by atoms with Crippen LogP contribution < -0.4 is 0 Å². The van der Waals surface area contributed by atoms with E-state index in [9.17, 15) is 14.4 Å². The van der Waals surface area contributed by atoms with E-state index in [0.717, 1.165) is 0 Å². The van der Waals surface area contributed by atoms with Crippen LogP contribution in [0.5, 0.6) is 0 Å². The van der Waals surface area contributed by atoms with Gasteiger partial charge in [-0.15, -0.1) is 5.10 Å². The third-order valence-electron chi connectivity index (χ3n) is 3.07. The smallest absolute Gasteiger partial charge is 0.330 e. The van der Waals surface area contributed by atoms with Gasteiger partial charge in [0, 0.05) is 12.8 Å². The van der Waals surface area contributed by atoms with Gasteiger partial charge in [-0.2, -0.15) is 0 Å². The first kappa shape index (κ1) is 15.2. The maximum Gasteiger partial charge on any atom is 0.334 e. The van der Waals surface area contributed by atoms with Gasteiger partial charge in [-0.25, -0.2) is 9.48 Å². The van der Waals surface area contributed by atoms with Crippen LogP contribution in [0.2, 0.25) is 0 Å². The minimum absolute atomic E-state index is 0.00489. The van der Waals surface area contributed by atoms with Crippen molar-refractivity contribution in [2.75, 3.05) is 5.75 Å². The molecule has 3 rings (SSSR count). The summed E-state index contributed by atoms with van der Waals surface area (Å²) in [5, 5.41) is 12.0. The molecule has 0 radical (unpaired) electrons. The number of rotatable bonds is 5. The maximum atomic E-state index is 12.0. The van der Waals surface area contributed by atoms with E-state index in [-0.39, 0.29) is 17.5 Å². The Hall–Kier alpha value is -2.75. The van der Waals surface area contributed by atoms with E-state index in [2.05, 4.69) is 15.5 Å². The molecule has 10 heteroatoms. The molecule has 0 saturated carbocycles. The van der Waals surface area contributed by atoms with Crippen molar-refractivity contribution in [1.29, 1.82) is 0 Å². The molecule has 2 amide bonds. The second-order valence-corrected chi connectivity index (χ2v) is 5.66. The number of amides is 2. The fourth-order valence-electron chi connectivity index (χ4n) is 1.97. The highest BCUT2D eigenvalue weighted by Gasteiger charge is 2.38. The van der Waals surface area contributed by atoms with Gasteiger partial charge in [0.05, 0.1) is 17.5 Å². The third-order valence-corrected chi connectivity index (χ3v) is 4.08. The molecule has 1 aliphatic heterocycles. The molecule has 0 spiro atoms. The van der Waals surface area contributed by atoms with Crippen LogP contribution in [0.15, 0.2) is 29.4 Å². The Labute approximate surface area is 134 Å². The number of carbonyl (C=O) groups excluding carboxylic acids is 3. The lowest BCUT2D eigenvalue weighted by atomic mass is 10.1. The maximum absolute atomic E-state index is 12.0. The van der Waals surface area contributed by atoms with Crippen molar-refractivity contribution >= 4 is 29.5 Å². The molecule has 0 N–H and O–H groups in total. The standard InChI is InChI=1S/C13H11N5O4S/c1-17-13(14-15-16-17)23-7-6-10(19)22-18-11(20)8-4-2-3-5-9(8)12(18)21/h2-5H,6-7H2,1H3. The number of aryl methyl sites for hydroxylation is 1. The zero-order valence-electron chi connectivity index (χ0n) is 12.0. The molecule has 23 heavy (non-hydrogen) atoms. The number of nitrogens with zero attached hydrogens (tertiary/aromatic N) is 5. The molecule has 0 fully saturated rings. The van der Waals surface area contributed by atoms with Gasteiger partial charge in [-0.1, -0.05) is 29.0 Å². The Morgan fingerprint density at radius 1 is 1.22 bits per heavy atom. The summed E-state index contributed by atoms with van der Waals surface area (Å²) in [6.45, 7) is 0. The van der Waals surface area contributed by atoms with E-state index >= 15 is 0 Å². The predicted molar refractivity (Wildman–Crippen MR) is 77.2 cm³/mol. The van der Waals surface area contributed by atoms with Crippen LogP contribution in [-0.2, 0) is 16.7 Å². The van der Waals surface area contributed by atoms with Gasteiger partial charge < -0.3 is 4.84 Å². The summed E-state index contributed by atoms with van der Waals surface area (Å²) >= 11 is 1.27. The van der Waals surface area contributed by atoms with Crippen LogP contribution in [0.25, 0.3) is 0 Å². The number of aromatic nitrogens is 4. The van der Waals surface area contributed by atoms with Gasteiger partial charge >= 0.3 is 5.97 Å². The van der Waals surface area contributed by atoms with E-state index in [1.54, 1.807) is 19.2 Å². The molecular formula is C13H11N5O4S. The second kappa shape index (κ2) is 6.16. The fourth-order valence-corrected chi connectivity index (χ4v) is 2.74. The van der Waals surface area contributed by atoms with E-state index in [1.807, 2.05) is 0 Å². The van der Waals surface area contributed by atoms with E-state index < -0.39 is 17.8 Å². The normalized spacial score (nSPS) is 13.3. The Morgan fingerprint density at radius 2 is 1.87 bits per heavy atom. The van der Waals surface area contributed by atoms with Crippen molar-refractivity contribution < 1.29 is 19.2 Å². The lowest BCUT2D eigenvalue weighted by Gasteiger charge is -2.12. The van der Waals surface area contributed by atoms with Gasteiger partial charge in [-0.3, -0.25) is 9.59 Å². The molecule has 118 valence electrons. The molecule has 0 unspecified atom stereocenters. The molecule has 0 saturated heterocycles. The number of fused-ring (bicyclic) bond motifs is 1. The molecule has 1 aromatic heterocycles. The van der Waals surface area contributed by atoms with Crippen LogP contribution >= 0.6 is 11.8 Å². The van der Waals surface area contributed by atoms with Crippen LogP contribution in [0.3, 0.4) is 0 Å². The van der Waals surface area contributed by atoms with Crippen molar-refractivity contribution in [2.45, 2.75) is 11.6 Å². The summed E-state index contributed by atoms with van der Waals surface area (Å²) in [4.78, 5) is 40.8. The quantitative estimate of drug-likeness (QED) is 0.573. The molecule has 0 aliphatic carbocycles. The van der Waals surface area contributed by atoms with Crippen molar-refractivity contribution in [3.8, 4) is 0 Å². The SMILES string of the molecule is Cn1nnnc1SCCC(=O)ON1C(=O)c2ccccc2C1=O. The fraction of sp³-hybridized carbons (Fsp3) is 0.231. The molecule has 0 atom stereocenters. The van der Waals surface area contributed by atoms with E-state index in [1.165, 1.54) is 28.6 Å². The van der Waals surface area contributed by atoms with Crippen LogP contribution in [0, 0.1) is 0 Å². The first-order chi connectivity index (χ1) is 11.1. The third kappa shape index (κ3) is 2.93. The number of imide groups is 1. The molecule has 1 aliphatic rings. The molecule has 0 bridgehead atoms. The summed E-state index contributed by atoms with van der Waals surface area (Å²) in [5.41, 5.74) is 0.453. The predicted octanol–water partition coefficient (Wildman–Crippen LogP) is 0.447. The highest BCUT2D eigenvalue weighted by atomic mass is 32.2. The minimum atomic E-state index is -0.679. The average molecular weight is 333 g/mol. The first-order valence-corrected chi connectivity index (χ1v) is 7.60. The molecular weight excluding hydrogens is 322 g/mol. The summed E-state index contributed by atoms with van der Waals surface area (Å²) in [5.74, 6) is -1.59. The zero-order valence-corrected chi connectivity index (χ0v) is 12.8. The van der Waals surface area contributed by atoms with Crippen molar-refractivity contribution in [1.82, 2.24) is 25.3 Å². The van der Waals surface area contributed by atoms with E-state index in [0.29, 0.717) is 16.0 Å². The lowest BCUT2D eigenvalue weighted by Crippen LogP contribution is -2.32. The van der Waals surface area contributed by atoms with Gasteiger partial charge in [0.15, 0.2) is 0 Å². The Morgan fingerprint density at radius 3 is 2.43 bits per heavy atom. The van der Waals surface area contributed by atoms with Gasteiger partial charge in [0.1, 0.15) is 0 Å². The van der Waals surface area contributed by atoms with Crippen molar-refractivity contribution in [3.63, 3.8) is 0 Å². The lowest BCUT2D eigenvalue weighted by molar-refractivity contribution is -0.167. The number of thioether (sulfide) groups is 1. The number of hydroxylamine groups is 2. The second-order valence-electron chi connectivity index (χ2n) is 4.60. The highest BCUT2D eigenvalue weighted by molar-refractivity contribution is 7.99. The zero-order chi connectivity index (χ0) is 16.4. The Kier molecular flexibility index (Phi) is 4.06. The summed E-state index contributed by atoms with van der Waals surface area (Å²) in [7, 11) is 1.68. The number of hydrogen-bond donors (Lipinski definition) is 0. The average Bonchev–Trinajstić information content (AvgIpc) is 3.05. The van der Waals surface area contributed by atoms with E-state index in [4.69, 9.17) is 4.84 Å². The van der Waals surface area contributed by atoms with Crippen LogP contribution in [0.1, 0.15) is 27.1 Å². The molecule has 9 nitrogen and oxygen atoms in total. The largest absolute Gasteiger partial charge is 0.334 e. The molecule has 2 aromatic rings. The summed E-state index contributed by atoms with van der Waals surface area (Å²) in [6, 6.07) is 6.31. The van der Waals surface area contributed by atoms with Crippen LogP contribution in [-0.4, -0.2) is 48.8 Å². The van der Waals surface area contributed by atoms with Crippen molar-refractivity contribution in [2.24, 2.45) is 7.05 Å². The minimum Gasteiger partial charge on any atom is -0.330 e. The van der Waals surface area contributed by atoms with Gasteiger partial charge in [0.2, 0.25) is 5.16 Å². The highest BCUT2D eigenvalue weighted by Crippen LogP contribution is 2.23. The number of carbonyl (C=O) groups is 3. The number of hydrogen-bond acceptors (Lipinski definition) is 8. The summed E-state index contributed by atoms with van der Waals surface area (Å²) in [6.07, 6.45) is 0.00489. The van der Waals surface area contributed by atoms with Gasteiger partial charge in [0.25, 0.3) is 11.8 Å². The topological polar surface area (TPSA) is 107 Å². The monoisotopic (exact) mass is 333 g/mol. The van der Waals surface area contributed by atoms with Crippen LogP contribution in [0.4, 0.5) is 0 Å². The number of tetrazole rings is 1. The Bertz CT molecular complexity index is 755.